The van der Waals surface area contributed by atoms with Crippen molar-refractivity contribution < 1.29 is 9.15 Å². The fraction of sp³-hybridized carbons (Fsp3) is 0.231. The molecule has 0 N–H and O–H groups in total. The minimum atomic E-state index is 0.0537. The molecule has 0 aliphatic heterocycles. The van der Waals surface area contributed by atoms with Crippen LogP contribution in [0.5, 0.6) is 5.75 Å². The van der Waals surface area contributed by atoms with Gasteiger partial charge in [0.05, 0.1) is 22.4 Å². The molecule has 2 nitrogen and oxygen atoms in total. The van der Waals surface area contributed by atoms with Crippen LogP contribution in [0.25, 0.3) is 11.3 Å². The van der Waals surface area contributed by atoms with Gasteiger partial charge in [-0.25, -0.2) is 0 Å². The number of rotatable bonds is 3. The van der Waals surface area contributed by atoms with Gasteiger partial charge in [-0.15, -0.1) is 0 Å². The molecular weight excluding hydrogens is 259 g/mol. The van der Waals surface area contributed by atoms with E-state index in [2.05, 4.69) is 0 Å². The van der Waals surface area contributed by atoms with E-state index < -0.39 is 0 Å². The Kier molecular flexibility index (Phi) is 3.65. The molecule has 0 saturated carbocycles. The second-order valence-corrected chi connectivity index (χ2v) is 4.72. The van der Waals surface area contributed by atoms with Crippen LogP contribution in [0.2, 0.25) is 10.0 Å². The van der Waals surface area contributed by atoms with Crippen LogP contribution in [0.15, 0.2) is 34.9 Å². The van der Waals surface area contributed by atoms with E-state index in [1.165, 1.54) is 0 Å². The minimum absolute atomic E-state index is 0.0537. The molecule has 0 saturated heterocycles. The minimum Gasteiger partial charge on any atom is -0.489 e. The average Bonchev–Trinajstić information content (AvgIpc) is 2.75. The molecule has 0 atom stereocenters. The molecule has 0 aliphatic carbocycles. The molecule has 0 radical (unpaired) electrons. The Labute approximate surface area is 110 Å². The molecule has 0 unspecified atom stereocenters. The normalized spacial score (nSPS) is 10.9. The molecule has 1 heterocycles. The van der Waals surface area contributed by atoms with Gasteiger partial charge in [0.25, 0.3) is 0 Å². The summed E-state index contributed by atoms with van der Waals surface area (Å²) in [5.74, 6) is 1.27. The Hall–Kier alpha value is -1.12. The number of hydrogen-bond donors (Lipinski definition) is 0. The molecule has 17 heavy (non-hydrogen) atoms. The maximum Gasteiger partial charge on any atom is 0.139 e. The third kappa shape index (κ3) is 2.76. The molecule has 0 spiro atoms. The monoisotopic (exact) mass is 270 g/mol. The highest BCUT2D eigenvalue weighted by molar-refractivity contribution is 6.36. The van der Waals surface area contributed by atoms with Gasteiger partial charge in [0.2, 0.25) is 0 Å². The van der Waals surface area contributed by atoms with Crippen molar-refractivity contribution in [1.82, 2.24) is 0 Å². The van der Waals surface area contributed by atoms with Crippen LogP contribution in [0, 0.1) is 0 Å². The van der Waals surface area contributed by atoms with Crippen molar-refractivity contribution in [3.63, 3.8) is 0 Å². The fourth-order valence-electron chi connectivity index (χ4n) is 1.49. The quantitative estimate of drug-likeness (QED) is 0.780. The van der Waals surface area contributed by atoms with E-state index in [0.29, 0.717) is 21.6 Å². The van der Waals surface area contributed by atoms with E-state index in [4.69, 9.17) is 32.4 Å². The zero-order chi connectivity index (χ0) is 12.4. The van der Waals surface area contributed by atoms with Gasteiger partial charge < -0.3 is 9.15 Å². The summed E-state index contributed by atoms with van der Waals surface area (Å²) < 4.78 is 10.8. The van der Waals surface area contributed by atoms with Crippen LogP contribution in [0.4, 0.5) is 0 Å². The standard InChI is InChI=1S/C13H12Cl2O2/c1-8(2)17-13-7-10(14)9(6-11(13)15)12-4-3-5-16-12/h3-8H,1-2H3. The van der Waals surface area contributed by atoms with Gasteiger partial charge in [0.1, 0.15) is 11.5 Å². The Balaban J connectivity index is 2.42. The van der Waals surface area contributed by atoms with Gasteiger partial charge in [-0.05, 0) is 32.0 Å². The molecule has 1 aromatic carbocycles. The van der Waals surface area contributed by atoms with Crippen molar-refractivity contribution in [1.29, 1.82) is 0 Å². The van der Waals surface area contributed by atoms with Crippen molar-refractivity contribution in [2.45, 2.75) is 20.0 Å². The van der Waals surface area contributed by atoms with Gasteiger partial charge in [0.15, 0.2) is 0 Å². The summed E-state index contributed by atoms with van der Waals surface area (Å²) >= 11 is 12.3. The van der Waals surface area contributed by atoms with Crippen molar-refractivity contribution >= 4 is 23.2 Å². The molecule has 0 bridgehead atoms. The van der Waals surface area contributed by atoms with Crippen LogP contribution in [0.3, 0.4) is 0 Å². The van der Waals surface area contributed by atoms with Crippen LogP contribution in [0.1, 0.15) is 13.8 Å². The predicted molar refractivity (Wildman–Crippen MR) is 69.9 cm³/mol. The van der Waals surface area contributed by atoms with Crippen LogP contribution >= 0.6 is 23.2 Å². The van der Waals surface area contributed by atoms with E-state index in [0.717, 1.165) is 5.56 Å². The summed E-state index contributed by atoms with van der Waals surface area (Å²) in [6.45, 7) is 3.87. The second kappa shape index (κ2) is 5.03. The largest absolute Gasteiger partial charge is 0.489 e. The van der Waals surface area contributed by atoms with Gasteiger partial charge in [-0.3, -0.25) is 0 Å². The number of hydrogen-bond acceptors (Lipinski definition) is 2. The summed E-state index contributed by atoms with van der Waals surface area (Å²) in [6.07, 6.45) is 1.65. The smallest absolute Gasteiger partial charge is 0.139 e. The lowest BCUT2D eigenvalue weighted by Gasteiger charge is -2.13. The summed E-state index contributed by atoms with van der Waals surface area (Å²) in [5, 5.41) is 1.08. The highest BCUT2D eigenvalue weighted by atomic mass is 35.5. The molecule has 2 rings (SSSR count). The summed E-state index contributed by atoms with van der Waals surface area (Å²) in [4.78, 5) is 0. The van der Waals surface area contributed by atoms with E-state index in [-0.39, 0.29) is 6.10 Å². The third-order valence-corrected chi connectivity index (χ3v) is 2.78. The SMILES string of the molecule is CC(C)Oc1cc(Cl)c(-c2ccco2)cc1Cl. The van der Waals surface area contributed by atoms with Crippen LogP contribution in [-0.2, 0) is 0 Å². The van der Waals surface area contributed by atoms with Crippen LogP contribution < -0.4 is 4.74 Å². The maximum absolute atomic E-state index is 6.18. The van der Waals surface area contributed by atoms with E-state index in [1.807, 2.05) is 19.9 Å². The molecular formula is C13H12Cl2O2. The zero-order valence-electron chi connectivity index (χ0n) is 9.54. The van der Waals surface area contributed by atoms with Gasteiger partial charge in [-0.2, -0.15) is 0 Å². The first-order valence-corrected chi connectivity index (χ1v) is 6.03. The lowest BCUT2D eigenvalue weighted by Crippen LogP contribution is -2.05. The Bertz CT molecular complexity index is 504. The molecule has 4 heteroatoms. The average molecular weight is 271 g/mol. The summed E-state index contributed by atoms with van der Waals surface area (Å²) in [5.41, 5.74) is 0.762. The Morgan fingerprint density at radius 1 is 1.18 bits per heavy atom. The highest BCUT2D eigenvalue weighted by Crippen LogP contribution is 2.37. The molecule has 0 fully saturated rings. The van der Waals surface area contributed by atoms with Gasteiger partial charge in [0, 0.05) is 11.6 Å². The fourth-order valence-corrected chi connectivity index (χ4v) is 1.95. The van der Waals surface area contributed by atoms with E-state index in [9.17, 15) is 0 Å². The second-order valence-electron chi connectivity index (χ2n) is 3.91. The van der Waals surface area contributed by atoms with Crippen molar-refractivity contribution in [2.75, 3.05) is 0 Å². The summed E-state index contributed by atoms with van der Waals surface area (Å²) in [7, 11) is 0. The highest BCUT2D eigenvalue weighted by Gasteiger charge is 2.12. The summed E-state index contributed by atoms with van der Waals surface area (Å²) in [6, 6.07) is 7.10. The Morgan fingerprint density at radius 2 is 1.94 bits per heavy atom. The van der Waals surface area contributed by atoms with Gasteiger partial charge >= 0.3 is 0 Å². The van der Waals surface area contributed by atoms with E-state index >= 15 is 0 Å². The topological polar surface area (TPSA) is 22.4 Å². The first-order valence-electron chi connectivity index (χ1n) is 5.27. The molecule has 1 aromatic heterocycles. The van der Waals surface area contributed by atoms with Gasteiger partial charge in [-0.1, -0.05) is 23.2 Å². The molecule has 90 valence electrons. The van der Waals surface area contributed by atoms with Crippen LogP contribution in [-0.4, -0.2) is 6.10 Å². The van der Waals surface area contributed by atoms with Crippen molar-refractivity contribution in [3.05, 3.63) is 40.6 Å². The molecule has 2 aromatic rings. The molecule has 0 amide bonds. The third-order valence-electron chi connectivity index (χ3n) is 2.17. The van der Waals surface area contributed by atoms with E-state index in [1.54, 1.807) is 24.5 Å². The number of furan rings is 1. The molecule has 0 aliphatic rings. The Morgan fingerprint density at radius 3 is 2.53 bits per heavy atom. The van der Waals surface area contributed by atoms with Crippen molar-refractivity contribution in [3.8, 4) is 17.1 Å². The maximum atomic E-state index is 6.18. The number of ether oxygens (including phenoxy) is 1. The first-order chi connectivity index (χ1) is 8.08. The number of halogens is 2. The predicted octanol–water partition coefficient (Wildman–Crippen LogP) is 5.04. The zero-order valence-corrected chi connectivity index (χ0v) is 11.0. The van der Waals surface area contributed by atoms with Crippen molar-refractivity contribution in [2.24, 2.45) is 0 Å². The lowest BCUT2D eigenvalue weighted by atomic mass is 10.1. The first kappa shape index (κ1) is 12.3. The lowest BCUT2D eigenvalue weighted by molar-refractivity contribution is 0.242. The number of benzene rings is 1.